The van der Waals surface area contributed by atoms with Crippen molar-refractivity contribution in [3.05, 3.63) is 114 Å². The van der Waals surface area contributed by atoms with Crippen LogP contribution in [0.4, 0.5) is 0 Å². The second-order valence-corrected chi connectivity index (χ2v) is 8.46. The molecule has 6 heteroatoms. The number of hydrogen-bond acceptors (Lipinski definition) is 5. The molecule has 2 aromatic heterocycles. The zero-order chi connectivity index (χ0) is 23.9. The molecule has 0 N–H and O–H groups in total. The van der Waals surface area contributed by atoms with Crippen molar-refractivity contribution >= 4 is 5.91 Å². The van der Waals surface area contributed by atoms with E-state index in [2.05, 4.69) is 46.4 Å². The maximum absolute atomic E-state index is 13.1. The Morgan fingerprint density at radius 2 is 1.77 bits per heavy atom. The third-order valence-corrected chi connectivity index (χ3v) is 5.98. The number of carbonyl (C=O) groups excluding carboxylic acids is 1. The fraction of sp³-hybridized carbons (Fsp3) is 0.207. The van der Waals surface area contributed by atoms with E-state index in [4.69, 9.17) is 9.47 Å². The van der Waals surface area contributed by atoms with Crippen LogP contribution in [0.2, 0.25) is 0 Å². The fourth-order valence-corrected chi connectivity index (χ4v) is 4.24. The van der Waals surface area contributed by atoms with Crippen LogP contribution >= 0.6 is 0 Å². The van der Waals surface area contributed by atoms with Gasteiger partial charge in [0.15, 0.2) is 0 Å². The van der Waals surface area contributed by atoms with E-state index in [0.717, 1.165) is 33.6 Å². The van der Waals surface area contributed by atoms with Crippen LogP contribution in [-0.2, 0) is 17.7 Å². The van der Waals surface area contributed by atoms with Crippen molar-refractivity contribution in [2.75, 3.05) is 26.4 Å². The number of benzene rings is 2. The summed E-state index contributed by atoms with van der Waals surface area (Å²) in [6.07, 6.45) is 6.00. The summed E-state index contributed by atoms with van der Waals surface area (Å²) in [5, 5.41) is 0. The Hall–Kier alpha value is -4.03. The van der Waals surface area contributed by atoms with Gasteiger partial charge in [-0.3, -0.25) is 14.8 Å². The van der Waals surface area contributed by atoms with Gasteiger partial charge in [0.1, 0.15) is 18.1 Å². The molecule has 1 aliphatic rings. The third-order valence-electron chi connectivity index (χ3n) is 5.98. The molecule has 2 aromatic carbocycles. The van der Waals surface area contributed by atoms with Crippen molar-refractivity contribution in [2.45, 2.75) is 13.0 Å². The molecule has 1 amide bonds. The Bertz CT molecular complexity index is 1280. The minimum absolute atomic E-state index is 0.102. The maximum atomic E-state index is 13.1. The largest absolute Gasteiger partial charge is 0.491 e. The lowest BCUT2D eigenvalue weighted by atomic mass is 9.98. The van der Waals surface area contributed by atoms with Gasteiger partial charge in [0.05, 0.1) is 13.2 Å². The van der Waals surface area contributed by atoms with Crippen LogP contribution < -0.4 is 4.74 Å². The van der Waals surface area contributed by atoms with E-state index in [1.807, 2.05) is 36.5 Å². The molecule has 35 heavy (non-hydrogen) atoms. The van der Waals surface area contributed by atoms with Crippen LogP contribution in [-0.4, -0.2) is 47.1 Å². The summed E-state index contributed by atoms with van der Waals surface area (Å²) in [5.74, 6) is 0.755. The van der Waals surface area contributed by atoms with Gasteiger partial charge in [-0.05, 0) is 52.6 Å². The molecule has 0 saturated carbocycles. The molecule has 2 bridgehead atoms. The van der Waals surface area contributed by atoms with Crippen LogP contribution in [0.15, 0.2) is 91.4 Å². The Morgan fingerprint density at radius 1 is 0.829 bits per heavy atom. The molecule has 5 rings (SSSR count). The molecule has 0 atom stereocenters. The average Bonchev–Trinajstić information content (AvgIpc) is 2.91. The van der Waals surface area contributed by atoms with Crippen molar-refractivity contribution in [1.82, 2.24) is 14.9 Å². The third kappa shape index (κ3) is 5.73. The first-order chi connectivity index (χ1) is 17.3. The van der Waals surface area contributed by atoms with Crippen molar-refractivity contribution < 1.29 is 14.3 Å². The van der Waals surface area contributed by atoms with Gasteiger partial charge in [0, 0.05) is 43.7 Å². The van der Waals surface area contributed by atoms with E-state index in [-0.39, 0.29) is 5.91 Å². The molecule has 4 aromatic rings. The Labute approximate surface area is 205 Å². The molecule has 0 saturated heterocycles. The highest BCUT2D eigenvalue weighted by Gasteiger charge is 2.18. The van der Waals surface area contributed by atoms with Crippen LogP contribution in [0.25, 0.3) is 11.1 Å². The summed E-state index contributed by atoms with van der Waals surface area (Å²) < 4.78 is 11.9. The minimum atomic E-state index is -0.102. The summed E-state index contributed by atoms with van der Waals surface area (Å²) in [6.45, 7) is 2.28. The monoisotopic (exact) mass is 465 g/mol. The fourth-order valence-electron chi connectivity index (χ4n) is 4.24. The number of pyridine rings is 2. The van der Waals surface area contributed by atoms with Gasteiger partial charge < -0.3 is 14.4 Å². The van der Waals surface area contributed by atoms with Gasteiger partial charge in [0.2, 0.25) is 0 Å². The summed E-state index contributed by atoms with van der Waals surface area (Å²) in [4.78, 5) is 23.4. The number of aromatic nitrogens is 2. The van der Waals surface area contributed by atoms with Gasteiger partial charge in [0.25, 0.3) is 5.91 Å². The average molecular weight is 466 g/mol. The van der Waals surface area contributed by atoms with E-state index < -0.39 is 0 Å². The molecule has 1 aliphatic heterocycles. The highest BCUT2D eigenvalue weighted by Crippen LogP contribution is 2.29. The highest BCUT2D eigenvalue weighted by molar-refractivity contribution is 5.92. The van der Waals surface area contributed by atoms with E-state index in [1.54, 1.807) is 23.4 Å². The van der Waals surface area contributed by atoms with Crippen molar-refractivity contribution in [3.8, 4) is 16.9 Å². The number of nitrogens with zero attached hydrogens (tertiary/aromatic N) is 3. The van der Waals surface area contributed by atoms with Gasteiger partial charge >= 0.3 is 0 Å². The quantitative estimate of drug-likeness (QED) is 0.426. The first-order valence-electron chi connectivity index (χ1n) is 11.8. The lowest BCUT2D eigenvalue weighted by Gasteiger charge is -2.23. The Balaban J connectivity index is 1.45. The van der Waals surface area contributed by atoms with Crippen LogP contribution in [0.5, 0.6) is 5.75 Å². The molecule has 0 radical (unpaired) electrons. The van der Waals surface area contributed by atoms with Crippen LogP contribution in [0, 0.1) is 0 Å². The molecule has 0 aliphatic carbocycles. The lowest BCUT2D eigenvalue weighted by Crippen LogP contribution is -2.34. The van der Waals surface area contributed by atoms with Gasteiger partial charge in [-0.2, -0.15) is 0 Å². The number of ether oxygens (including phenoxy) is 2. The molecule has 176 valence electrons. The van der Waals surface area contributed by atoms with Crippen molar-refractivity contribution in [2.24, 2.45) is 0 Å². The SMILES string of the molecule is O=C(c1ccccn1)N1CCOCCOc2ccc(-c3cccnc3)cc2Cc2cccc(c2)C1. The standard InChI is InChI=1S/C29H27N3O3/c33-29(27-8-1-2-12-31-27)32-13-14-34-15-16-35-28-10-9-24(25-7-4-11-30-20-25)19-26(28)18-22-5-3-6-23(17-22)21-32/h1-12,17,19-20H,13-16,18,21H2. The number of amides is 1. The van der Waals surface area contributed by atoms with Gasteiger partial charge in [-0.25, -0.2) is 0 Å². The molecule has 0 spiro atoms. The zero-order valence-corrected chi connectivity index (χ0v) is 19.5. The van der Waals surface area contributed by atoms with E-state index in [1.165, 1.54) is 0 Å². The van der Waals surface area contributed by atoms with Crippen molar-refractivity contribution in [1.29, 1.82) is 0 Å². The van der Waals surface area contributed by atoms with E-state index in [0.29, 0.717) is 45.0 Å². The Kier molecular flexibility index (Phi) is 7.10. The number of fused-ring (bicyclic) bond motifs is 3. The summed E-state index contributed by atoms with van der Waals surface area (Å²) in [5.41, 5.74) is 5.92. The summed E-state index contributed by atoms with van der Waals surface area (Å²) in [6, 6.07) is 24.0. The maximum Gasteiger partial charge on any atom is 0.272 e. The molecule has 0 unspecified atom stereocenters. The molecular weight excluding hydrogens is 438 g/mol. The minimum Gasteiger partial charge on any atom is -0.491 e. The number of rotatable bonds is 2. The summed E-state index contributed by atoms with van der Waals surface area (Å²) in [7, 11) is 0. The topological polar surface area (TPSA) is 64.6 Å². The Morgan fingerprint density at radius 3 is 2.63 bits per heavy atom. The second-order valence-electron chi connectivity index (χ2n) is 8.46. The normalized spacial score (nSPS) is 14.3. The van der Waals surface area contributed by atoms with Gasteiger partial charge in [-0.1, -0.05) is 42.5 Å². The second kappa shape index (κ2) is 10.9. The van der Waals surface area contributed by atoms with Crippen molar-refractivity contribution in [3.63, 3.8) is 0 Å². The number of carbonyl (C=O) groups is 1. The van der Waals surface area contributed by atoms with E-state index >= 15 is 0 Å². The molecule has 6 nitrogen and oxygen atoms in total. The summed E-state index contributed by atoms with van der Waals surface area (Å²) >= 11 is 0. The smallest absolute Gasteiger partial charge is 0.272 e. The van der Waals surface area contributed by atoms with Gasteiger partial charge in [-0.15, -0.1) is 0 Å². The highest BCUT2D eigenvalue weighted by atomic mass is 16.5. The first-order valence-corrected chi connectivity index (χ1v) is 11.8. The van der Waals surface area contributed by atoms with Crippen LogP contribution in [0.1, 0.15) is 27.2 Å². The molecular formula is C29H27N3O3. The first kappa shape index (κ1) is 22.7. The van der Waals surface area contributed by atoms with Crippen LogP contribution in [0.3, 0.4) is 0 Å². The molecule has 3 heterocycles. The van der Waals surface area contributed by atoms with E-state index in [9.17, 15) is 4.79 Å². The zero-order valence-electron chi connectivity index (χ0n) is 19.5. The number of hydrogen-bond donors (Lipinski definition) is 0. The predicted octanol–water partition coefficient (Wildman–Crippen LogP) is 4.79. The lowest BCUT2D eigenvalue weighted by molar-refractivity contribution is 0.0567. The molecule has 0 fully saturated rings. The predicted molar refractivity (Wildman–Crippen MR) is 134 cm³/mol.